The smallest absolute Gasteiger partial charge is 0.223 e. The van der Waals surface area contributed by atoms with E-state index in [-0.39, 0.29) is 0 Å². The van der Waals surface area contributed by atoms with Gasteiger partial charge in [0.1, 0.15) is 0 Å². The molecular formula is C26H36N6O. The molecule has 3 heterocycles. The minimum Gasteiger partial charge on any atom is -0.381 e. The maximum atomic E-state index is 5.48. The maximum Gasteiger partial charge on any atom is 0.223 e. The van der Waals surface area contributed by atoms with E-state index in [9.17, 15) is 0 Å². The second-order valence-corrected chi connectivity index (χ2v) is 9.91. The first-order valence-corrected chi connectivity index (χ1v) is 12.5. The lowest BCUT2D eigenvalue weighted by atomic mass is 9.90. The maximum absolute atomic E-state index is 5.48. The fourth-order valence-corrected chi connectivity index (χ4v) is 5.44. The second kappa shape index (κ2) is 9.77. The molecule has 0 bridgehead atoms. The molecule has 0 atom stereocenters. The molecular weight excluding hydrogens is 412 g/mol. The lowest BCUT2D eigenvalue weighted by Crippen LogP contribution is -2.44. The van der Waals surface area contributed by atoms with Gasteiger partial charge in [-0.25, -0.2) is 9.97 Å². The highest BCUT2D eigenvalue weighted by atomic mass is 16.5. The van der Waals surface area contributed by atoms with Crippen LogP contribution in [0.1, 0.15) is 64.0 Å². The van der Waals surface area contributed by atoms with Crippen LogP contribution in [0.25, 0.3) is 22.2 Å². The van der Waals surface area contributed by atoms with Crippen LogP contribution in [-0.2, 0) is 11.8 Å². The van der Waals surface area contributed by atoms with Crippen molar-refractivity contribution in [3.8, 4) is 11.3 Å². The van der Waals surface area contributed by atoms with Crippen molar-refractivity contribution in [1.82, 2.24) is 25.1 Å². The Morgan fingerprint density at radius 3 is 2.45 bits per heavy atom. The van der Waals surface area contributed by atoms with Crippen LogP contribution in [0, 0.1) is 0 Å². The molecule has 0 amide bonds. The van der Waals surface area contributed by atoms with Crippen LogP contribution in [0.5, 0.6) is 0 Å². The first-order valence-electron chi connectivity index (χ1n) is 12.5. The van der Waals surface area contributed by atoms with Crippen molar-refractivity contribution in [2.24, 2.45) is 7.05 Å². The number of hydrogen-bond donors (Lipinski definition) is 2. The van der Waals surface area contributed by atoms with Crippen LogP contribution in [0.15, 0.2) is 30.5 Å². The van der Waals surface area contributed by atoms with E-state index < -0.39 is 0 Å². The third-order valence-corrected chi connectivity index (χ3v) is 7.13. The number of nitrogens with zero attached hydrogens (tertiary/aromatic N) is 4. The van der Waals surface area contributed by atoms with Gasteiger partial charge in [-0.3, -0.25) is 4.68 Å². The summed E-state index contributed by atoms with van der Waals surface area (Å²) in [5, 5.41) is 13.3. The van der Waals surface area contributed by atoms with Gasteiger partial charge in [-0.2, -0.15) is 5.10 Å². The van der Waals surface area contributed by atoms with Gasteiger partial charge in [0.05, 0.1) is 11.2 Å². The molecule has 7 heteroatoms. The fraction of sp³-hybridized carbons (Fsp3) is 0.577. The van der Waals surface area contributed by atoms with E-state index in [1.165, 1.54) is 23.9 Å². The third-order valence-electron chi connectivity index (χ3n) is 7.13. The molecule has 1 aliphatic heterocycles. The first kappa shape index (κ1) is 22.3. The number of benzene rings is 1. The average Bonchev–Trinajstić information content (AvgIpc) is 3.16. The number of aromatic nitrogens is 4. The molecule has 0 unspecified atom stereocenters. The lowest BCUT2D eigenvalue weighted by molar-refractivity contribution is 0.0730. The number of fused-ring (bicyclic) bond motifs is 1. The molecule has 2 N–H and O–H groups in total. The van der Waals surface area contributed by atoms with E-state index in [2.05, 4.69) is 52.8 Å². The molecule has 2 aromatic heterocycles. The van der Waals surface area contributed by atoms with E-state index in [0.717, 1.165) is 61.6 Å². The number of nitrogens with one attached hydrogen (secondary N) is 2. The van der Waals surface area contributed by atoms with Crippen molar-refractivity contribution >= 4 is 16.9 Å². The number of anilines is 1. The fourth-order valence-electron chi connectivity index (χ4n) is 5.44. The van der Waals surface area contributed by atoms with Gasteiger partial charge in [0.2, 0.25) is 5.95 Å². The quantitative estimate of drug-likeness (QED) is 0.572. The monoisotopic (exact) mass is 448 g/mol. The van der Waals surface area contributed by atoms with E-state index in [0.29, 0.717) is 24.0 Å². The molecule has 1 saturated carbocycles. The summed E-state index contributed by atoms with van der Waals surface area (Å²) in [4.78, 5) is 9.37. The largest absolute Gasteiger partial charge is 0.381 e. The van der Waals surface area contributed by atoms with Crippen LogP contribution in [0.4, 0.5) is 5.95 Å². The van der Waals surface area contributed by atoms with Gasteiger partial charge in [-0.1, -0.05) is 19.9 Å². The SMILES string of the molecule is CC(C)c1c2cc(-c3ccnc(NC4CCC(NC5CCOCC5)CC4)n3)ccc2nn1C. The van der Waals surface area contributed by atoms with Gasteiger partial charge in [-0.15, -0.1) is 0 Å². The summed E-state index contributed by atoms with van der Waals surface area (Å²) in [5.41, 5.74) is 4.34. The third kappa shape index (κ3) is 5.04. The van der Waals surface area contributed by atoms with E-state index >= 15 is 0 Å². The van der Waals surface area contributed by atoms with Crippen LogP contribution < -0.4 is 10.6 Å². The summed E-state index contributed by atoms with van der Waals surface area (Å²) in [7, 11) is 2.02. The van der Waals surface area contributed by atoms with Crippen molar-refractivity contribution < 1.29 is 4.74 Å². The van der Waals surface area contributed by atoms with Crippen molar-refractivity contribution in [3.05, 3.63) is 36.2 Å². The molecule has 1 aliphatic carbocycles. The molecule has 5 rings (SSSR count). The van der Waals surface area contributed by atoms with Crippen LogP contribution in [0.3, 0.4) is 0 Å². The summed E-state index contributed by atoms with van der Waals surface area (Å²) in [6.07, 6.45) is 8.83. The normalized spacial score (nSPS) is 22.2. The van der Waals surface area contributed by atoms with Gasteiger partial charge < -0.3 is 15.4 Å². The molecule has 3 aromatic rings. The molecule has 33 heavy (non-hydrogen) atoms. The van der Waals surface area contributed by atoms with Crippen molar-refractivity contribution in [2.45, 2.75) is 76.4 Å². The van der Waals surface area contributed by atoms with Gasteiger partial charge in [0.25, 0.3) is 0 Å². The standard InChI is InChI=1S/C26H36N6O/c1-17(2)25-22-16-18(4-9-24(22)31-32(25)3)23-10-13-27-26(30-23)29-20-7-5-19(6-8-20)28-21-11-14-33-15-12-21/h4,9-10,13,16-17,19-21,28H,5-8,11-12,14-15H2,1-3H3,(H,27,29,30). The van der Waals surface area contributed by atoms with Crippen molar-refractivity contribution in [1.29, 1.82) is 0 Å². The van der Waals surface area contributed by atoms with Crippen LogP contribution >= 0.6 is 0 Å². The summed E-state index contributed by atoms with van der Waals surface area (Å²) in [6, 6.07) is 10.1. The van der Waals surface area contributed by atoms with Gasteiger partial charge in [0.15, 0.2) is 0 Å². The molecule has 176 valence electrons. The Balaban J connectivity index is 1.24. The van der Waals surface area contributed by atoms with E-state index in [1.807, 2.05) is 24.0 Å². The highest BCUT2D eigenvalue weighted by Gasteiger charge is 2.24. The molecule has 7 nitrogen and oxygen atoms in total. The first-order chi connectivity index (χ1) is 16.1. The lowest BCUT2D eigenvalue weighted by Gasteiger charge is -2.33. The average molecular weight is 449 g/mol. The van der Waals surface area contributed by atoms with Gasteiger partial charge in [-0.05, 0) is 62.6 Å². The Bertz CT molecular complexity index is 1080. The second-order valence-electron chi connectivity index (χ2n) is 9.91. The zero-order valence-electron chi connectivity index (χ0n) is 20.1. The topological polar surface area (TPSA) is 76.9 Å². The summed E-state index contributed by atoms with van der Waals surface area (Å²) >= 11 is 0. The number of ether oxygens (including phenoxy) is 1. The Morgan fingerprint density at radius 1 is 0.970 bits per heavy atom. The minimum absolute atomic E-state index is 0.411. The number of rotatable bonds is 6. The Kier molecular flexibility index (Phi) is 6.60. The van der Waals surface area contributed by atoms with E-state index in [4.69, 9.17) is 9.72 Å². The highest BCUT2D eigenvalue weighted by molar-refractivity contribution is 5.86. The zero-order chi connectivity index (χ0) is 22.8. The van der Waals surface area contributed by atoms with Gasteiger partial charge >= 0.3 is 0 Å². The Hall–Kier alpha value is -2.51. The molecule has 1 aromatic carbocycles. The molecule has 1 saturated heterocycles. The van der Waals surface area contributed by atoms with Gasteiger partial charge in [0, 0.05) is 61.2 Å². The zero-order valence-corrected chi connectivity index (χ0v) is 20.1. The summed E-state index contributed by atoms with van der Waals surface area (Å²) < 4.78 is 7.48. The van der Waals surface area contributed by atoms with E-state index in [1.54, 1.807) is 0 Å². The van der Waals surface area contributed by atoms with Crippen molar-refractivity contribution in [3.63, 3.8) is 0 Å². The number of hydrogen-bond acceptors (Lipinski definition) is 6. The predicted octanol–water partition coefficient (Wildman–Crippen LogP) is 4.65. The molecule has 0 radical (unpaired) electrons. The summed E-state index contributed by atoms with van der Waals surface area (Å²) in [6.45, 7) is 6.22. The number of aryl methyl sites for hydroxylation is 1. The van der Waals surface area contributed by atoms with Crippen molar-refractivity contribution in [2.75, 3.05) is 18.5 Å². The highest BCUT2D eigenvalue weighted by Crippen LogP contribution is 2.29. The Labute approximate surface area is 196 Å². The Morgan fingerprint density at radius 2 is 1.70 bits per heavy atom. The van der Waals surface area contributed by atoms with Crippen LogP contribution in [-0.4, -0.2) is 51.1 Å². The predicted molar refractivity (Wildman–Crippen MR) is 132 cm³/mol. The minimum atomic E-state index is 0.411. The molecule has 2 fully saturated rings. The molecule has 2 aliphatic rings. The molecule has 0 spiro atoms. The van der Waals surface area contributed by atoms with Crippen LogP contribution in [0.2, 0.25) is 0 Å². The summed E-state index contributed by atoms with van der Waals surface area (Å²) in [5.74, 6) is 1.14.